The molecule has 0 aromatic heterocycles. The number of nitrogens with zero attached hydrogens (tertiary/aromatic N) is 1. The molecule has 0 saturated carbocycles. The van der Waals surface area contributed by atoms with Gasteiger partial charge in [0.1, 0.15) is 5.75 Å². The third-order valence-corrected chi connectivity index (χ3v) is 3.53. The third kappa shape index (κ3) is 6.69. The highest BCUT2D eigenvalue weighted by molar-refractivity contribution is 5.95. The lowest BCUT2D eigenvalue weighted by molar-refractivity contribution is -0.121. The quantitative estimate of drug-likeness (QED) is 0.806. The van der Waals surface area contributed by atoms with Crippen LogP contribution >= 0.6 is 0 Å². The van der Waals surface area contributed by atoms with Gasteiger partial charge in [0.25, 0.3) is 0 Å². The van der Waals surface area contributed by atoms with Crippen molar-refractivity contribution in [2.24, 2.45) is 0 Å². The number of imide groups is 1. The van der Waals surface area contributed by atoms with E-state index in [0.717, 1.165) is 23.3 Å². The summed E-state index contributed by atoms with van der Waals surface area (Å²) in [6, 6.07) is 5.51. The van der Waals surface area contributed by atoms with Gasteiger partial charge in [-0.25, -0.2) is 4.79 Å². The van der Waals surface area contributed by atoms with E-state index in [-0.39, 0.29) is 18.5 Å². The van der Waals surface area contributed by atoms with Crippen LogP contribution < -0.4 is 15.4 Å². The van der Waals surface area contributed by atoms with Crippen LogP contribution in [-0.2, 0) is 11.3 Å². The first-order valence-electron chi connectivity index (χ1n) is 7.78. The second kappa shape index (κ2) is 9.15. The Morgan fingerprint density at radius 3 is 2.65 bits per heavy atom. The van der Waals surface area contributed by atoms with Gasteiger partial charge in [0.15, 0.2) is 0 Å². The standard InChI is InChI=1S/C17H27N3O3/c1-6-13(3)18-17(22)19-16(21)11-20(4)10-14-9-12(2)7-8-15(14)23-5/h7-9,13H,6,10-11H2,1-5H3,(H2,18,19,21,22)/t13-/m0/s1. The van der Waals surface area contributed by atoms with Crippen molar-refractivity contribution in [1.29, 1.82) is 0 Å². The largest absolute Gasteiger partial charge is 0.496 e. The van der Waals surface area contributed by atoms with Gasteiger partial charge in [0, 0.05) is 18.2 Å². The van der Waals surface area contributed by atoms with Crippen LogP contribution in [-0.4, -0.2) is 43.6 Å². The molecule has 0 radical (unpaired) electrons. The molecule has 6 nitrogen and oxygen atoms in total. The molecule has 23 heavy (non-hydrogen) atoms. The van der Waals surface area contributed by atoms with E-state index in [1.54, 1.807) is 7.11 Å². The lowest BCUT2D eigenvalue weighted by atomic mass is 10.1. The van der Waals surface area contributed by atoms with Gasteiger partial charge in [0.2, 0.25) is 5.91 Å². The minimum atomic E-state index is -0.453. The zero-order valence-electron chi connectivity index (χ0n) is 14.6. The number of hydrogen-bond acceptors (Lipinski definition) is 4. The molecule has 0 fully saturated rings. The molecule has 0 aliphatic carbocycles. The van der Waals surface area contributed by atoms with Crippen molar-refractivity contribution in [2.45, 2.75) is 39.8 Å². The summed E-state index contributed by atoms with van der Waals surface area (Å²) in [4.78, 5) is 25.4. The second-order valence-corrected chi connectivity index (χ2v) is 5.82. The highest BCUT2D eigenvalue weighted by atomic mass is 16.5. The average Bonchev–Trinajstić information content (AvgIpc) is 2.46. The number of nitrogens with one attached hydrogen (secondary N) is 2. The smallest absolute Gasteiger partial charge is 0.321 e. The molecular weight excluding hydrogens is 294 g/mol. The molecule has 1 aromatic rings. The number of likely N-dealkylation sites (N-methyl/N-ethyl adjacent to an activating group) is 1. The number of benzene rings is 1. The number of urea groups is 1. The number of ether oxygens (including phenoxy) is 1. The minimum Gasteiger partial charge on any atom is -0.496 e. The van der Waals surface area contributed by atoms with Crippen LogP contribution in [0.2, 0.25) is 0 Å². The van der Waals surface area contributed by atoms with E-state index >= 15 is 0 Å². The van der Waals surface area contributed by atoms with Gasteiger partial charge in [-0.2, -0.15) is 0 Å². The van der Waals surface area contributed by atoms with E-state index < -0.39 is 6.03 Å². The molecule has 2 N–H and O–H groups in total. The Morgan fingerprint density at radius 2 is 2.04 bits per heavy atom. The van der Waals surface area contributed by atoms with Crippen molar-refractivity contribution in [3.8, 4) is 5.75 Å². The number of aryl methyl sites for hydroxylation is 1. The van der Waals surface area contributed by atoms with Crippen LogP contribution in [0.25, 0.3) is 0 Å². The van der Waals surface area contributed by atoms with Gasteiger partial charge in [-0.1, -0.05) is 24.6 Å². The van der Waals surface area contributed by atoms with Crippen LogP contribution in [0.4, 0.5) is 4.79 Å². The molecule has 1 atom stereocenters. The summed E-state index contributed by atoms with van der Waals surface area (Å²) in [6.07, 6.45) is 0.814. The van der Waals surface area contributed by atoms with Crippen molar-refractivity contribution in [1.82, 2.24) is 15.5 Å². The SMILES string of the molecule is CC[C@H](C)NC(=O)NC(=O)CN(C)Cc1cc(C)ccc1OC. The highest BCUT2D eigenvalue weighted by Crippen LogP contribution is 2.20. The molecule has 0 bridgehead atoms. The molecule has 1 rings (SSSR count). The maximum Gasteiger partial charge on any atom is 0.321 e. The van der Waals surface area contributed by atoms with E-state index in [1.807, 2.05) is 50.9 Å². The highest BCUT2D eigenvalue weighted by Gasteiger charge is 2.13. The molecule has 0 saturated heterocycles. The van der Waals surface area contributed by atoms with Crippen molar-refractivity contribution >= 4 is 11.9 Å². The molecule has 6 heteroatoms. The van der Waals surface area contributed by atoms with Crippen molar-refractivity contribution in [3.05, 3.63) is 29.3 Å². The van der Waals surface area contributed by atoms with E-state index in [2.05, 4.69) is 10.6 Å². The van der Waals surface area contributed by atoms with Gasteiger partial charge in [-0.15, -0.1) is 0 Å². The predicted molar refractivity (Wildman–Crippen MR) is 90.5 cm³/mol. The Kier molecular flexibility index (Phi) is 7.54. The van der Waals surface area contributed by atoms with E-state index in [9.17, 15) is 9.59 Å². The first-order valence-corrected chi connectivity index (χ1v) is 7.78. The molecule has 0 spiro atoms. The number of carbonyl (C=O) groups is 2. The van der Waals surface area contributed by atoms with Crippen LogP contribution in [0.15, 0.2) is 18.2 Å². The Hall–Kier alpha value is -2.08. The summed E-state index contributed by atoms with van der Waals surface area (Å²) < 4.78 is 5.34. The summed E-state index contributed by atoms with van der Waals surface area (Å²) in [5.41, 5.74) is 2.14. The van der Waals surface area contributed by atoms with Crippen molar-refractivity contribution < 1.29 is 14.3 Å². The molecule has 0 heterocycles. The van der Waals surface area contributed by atoms with Gasteiger partial charge in [-0.05, 0) is 33.4 Å². The topological polar surface area (TPSA) is 70.7 Å². The molecule has 128 valence electrons. The fourth-order valence-corrected chi connectivity index (χ4v) is 2.15. The number of methoxy groups -OCH3 is 1. The monoisotopic (exact) mass is 321 g/mol. The van der Waals surface area contributed by atoms with Gasteiger partial charge in [-0.3, -0.25) is 15.0 Å². The first kappa shape index (κ1) is 19.0. The fraction of sp³-hybridized carbons (Fsp3) is 0.529. The molecule has 0 aliphatic rings. The number of rotatable bonds is 7. The molecule has 0 unspecified atom stereocenters. The Morgan fingerprint density at radius 1 is 1.35 bits per heavy atom. The maximum atomic E-state index is 11.9. The lowest BCUT2D eigenvalue weighted by Gasteiger charge is -2.19. The summed E-state index contributed by atoms with van der Waals surface area (Å²) in [6.45, 7) is 6.56. The average molecular weight is 321 g/mol. The Bertz CT molecular complexity index is 546. The van der Waals surface area contributed by atoms with Crippen LogP contribution in [0.5, 0.6) is 5.75 Å². The fourth-order valence-electron chi connectivity index (χ4n) is 2.15. The summed E-state index contributed by atoms with van der Waals surface area (Å²) in [7, 11) is 3.45. The number of carbonyl (C=O) groups excluding carboxylic acids is 2. The van der Waals surface area contributed by atoms with Crippen LogP contribution in [0.3, 0.4) is 0 Å². The maximum absolute atomic E-state index is 11.9. The number of hydrogen-bond donors (Lipinski definition) is 2. The lowest BCUT2D eigenvalue weighted by Crippen LogP contribution is -2.46. The predicted octanol–water partition coefficient (Wildman–Crippen LogP) is 2.06. The van der Waals surface area contributed by atoms with Gasteiger partial charge < -0.3 is 10.1 Å². The zero-order valence-corrected chi connectivity index (χ0v) is 14.6. The molecular formula is C17H27N3O3. The van der Waals surface area contributed by atoms with Crippen LogP contribution in [0, 0.1) is 6.92 Å². The van der Waals surface area contributed by atoms with E-state index in [1.165, 1.54) is 0 Å². The van der Waals surface area contributed by atoms with E-state index in [0.29, 0.717) is 6.54 Å². The van der Waals surface area contributed by atoms with E-state index in [4.69, 9.17) is 4.74 Å². The Labute approximate surface area is 138 Å². The summed E-state index contributed by atoms with van der Waals surface area (Å²) in [5.74, 6) is 0.456. The number of amides is 3. The van der Waals surface area contributed by atoms with Crippen molar-refractivity contribution in [2.75, 3.05) is 20.7 Å². The van der Waals surface area contributed by atoms with Gasteiger partial charge in [0.05, 0.1) is 13.7 Å². The second-order valence-electron chi connectivity index (χ2n) is 5.82. The molecule has 1 aromatic carbocycles. The Balaban J connectivity index is 2.53. The first-order chi connectivity index (χ1) is 10.8. The summed E-state index contributed by atoms with van der Waals surface area (Å²) >= 11 is 0. The van der Waals surface area contributed by atoms with Crippen LogP contribution in [0.1, 0.15) is 31.4 Å². The molecule has 0 aliphatic heterocycles. The van der Waals surface area contributed by atoms with Crippen molar-refractivity contribution in [3.63, 3.8) is 0 Å². The third-order valence-electron chi connectivity index (χ3n) is 3.53. The minimum absolute atomic E-state index is 0.0390. The van der Waals surface area contributed by atoms with Gasteiger partial charge >= 0.3 is 6.03 Å². The zero-order chi connectivity index (χ0) is 17.4. The molecule has 3 amide bonds. The normalized spacial score (nSPS) is 11.9. The summed E-state index contributed by atoms with van der Waals surface area (Å²) in [5, 5.41) is 5.04.